The van der Waals surface area contributed by atoms with Gasteiger partial charge in [-0.1, -0.05) is 42.5 Å². The summed E-state index contributed by atoms with van der Waals surface area (Å²) in [5.74, 6) is 0.238. The Bertz CT molecular complexity index is 838. The second-order valence-electron chi connectivity index (χ2n) is 6.70. The Kier molecular flexibility index (Phi) is 5.23. The molecule has 1 saturated carbocycles. The minimum atomic E-state index is -3.42. The van der Waals surface area contributed by atoms with Crippen molar-refractivity contribution in [2.75, 3.05) is 6.26 Å². The Labute approximate surface area is 149 Å². The SMILES string of the molecule is CS(=O)(=O)c1ccccc1C(=O)NC1CCC(c2ccccc2)CC1. The van der Waals surface area contributed by atoms with Crippen molar-refractivity contribution in [2.45, 2.75) is 42.5 Å². The molecule has 1 N–H and O–H groups in total. The zero-order chi connectivity index (χ0) is 17.9. The highest BCUT2D eigenvalue weighted by atomic mass is 32.2. The molecule has 0 spiro atoms. The Hall–Kier alpha value is -2.14. The predicted octanol–water partition coefficient (Wildman–Crippen LogP) is 3.55. The minimum absolute atomic E-state index is 0.0884. The van der Waals surface area contributed by atoms with Crippen molar-refractivity contribution >= 4 is 15.7 Å². The van der Waals surface area contributed by atoms with Crippen LogP contribution in [0.2, 0.25) is 0 Å². The fourth-order valence-corrected chi connectivity index (χ4v) is 4.42. The molecule has 132 valence electrons. The van der Waals surface area contributed by atoms with Gasteiger partial charge in [-0.3, -0.25) is 4.79 Å². The van der Waals surface area contributed by atoms with E-state index >= 15 is 0 Å². The highest BCUT2D eigenvalue weighted by Gasteiger charge is 2.25. The largest absolute Gasteiger partial charge is 0.349 e. The van der Waals surface area contributed by atoms with Crippen LogP contribution < -0.4 is 5.32 Å². The molecule has 1 fully saturated rings. The molecule has 4 nitrogen and oxygen atoms in total. The average molecular weight is 357 g/mol. The zero-order valence-electron chi connectivity index (χ0n) is 14.3. The lowest BCUT2D eigenvalue weighted by atomic mass is 9.82. The lowest BCUT2D eigenvalue weighted by molar-refractivity contribution is 0.0922. The maximum atomic E-state index is 12.6. The highest BCUT2D eigenvalue weighted by Crippen LogP contribution is 2.32. The Balaban J connectivity index is 1.64. The zero-order valence-corrected chi connectivity index (χ0v) is 15.1. The fraction of sp³-hybridized carbons (Fsp3) is 0.350. The molecule has 1 aliphatic carbocycles. The normalized spacial score (nSPS) is 20.8. The Morgan fingerprint density at radius 3 is 2.16 bits per heavy atom. The molecule has 5 heteroatoms. The fourth-order valence-electron chi connectivity index (χ4n) is 3.54. The van der Waals surface area contributed by atoms with Crippen LogP contribution in [0.1, 0.15) is 47.5 Å². The van der Waals surface area contributed by atoms with Crippen molar-refractivity contribution in [3.05, 3.63) is 65.7 Å². The summed E-state index contributed by atoms with van der Waals surface area (Å²) < 4.78 is 23.7. The van der Waals surface area contributed by atoms with Crippen molar-refractivity contribution in [3.8, 4) is 0 Å². The van der Waals surface area contributed by atoms with Crippen LogP contribution in [0.4, 0.5) is 0 Å². The Morgan fingerprint density at radius 2 is 1.52 bits per heavy atom. The molecule has 2 aromatic rings. The molecule has 2 aromatic carbocycles. The molecule has 0 aromatic heterocycles. The van der Waals surface area contributed by atoms with Crippen LogP contribution in [-0.4, -0.2) is 26.6 Å². The van der Waals surface area contributed by atoms with E-state index in [9.17, 15) is 13.2 Å². The van der Waals surface area contributed by atoms with E-state index in [0.29, 0.717) is 5.92 Å². The summed E-state index contributed by atoms with van der Waals surface area (Å²) in [7, 11) is -3.42. The maximum Gasteiger partial charge on any atom is 0.252 e. The van der Waals surface area contributed by atoms with Gasteiger partial charge in [-0.15, -0.1) is 0 Å². The van der Waals surface area contributed by atoms with Gasteiger partial charge in [0.2, 0.25) is 0 Å². The molecule has 1 amide bonds. The molecule has 0 atom stereocenters. The second kappa shape index (κ2) is 7.40. The molecular formula is C20H23NO3S. The number of carbonyl (C=O) groups excluding carboxylic acids is 1. The summed E-state index contributed by atoms with van der Waals surface area (Å²) in [5, 5.41) is 3.02. The first-order valence-corrected chi connectivity index (χ1v) is 10.5. The number of hydrogen-bond donors (Lipinski definition) is 1. The molecule has 0 bridgehead atoms. The van der Waals surface area contributed by atoms with E-state index in [4.69, 9.17) is 0 Å². The van der Waals surface area contributed by atoms with E-state index in [2.05, 4.69) is 29.6 Å². The van der Waals surface area contributed by atoms with Crippen LogP contribution in [0.25, 0.3) is 0 Å². The molecule has 0 unspecified atom stereocenters. The van der Waals surface area contributed by atoms with Crippen LogP contribution in [0.5, 0.6) is 0 Å². The number of rotatable bonds is 4. The lowest BCUT2D eigenvalue weighted by Crippen LogP contribution is -2.37. The number of carbonyl (C=O) groups is 1. The number of amides is 1. The first-order valence-electron chi connectivity index (χ1n) is 8.60. The molecule has 0 heterocycles. The molecule has 0 aliphatic heterocycles. The van der Waals surface area contributed by atoms with Crippen LogP contribution >= 0.6 is 0 Å². The van der Waals surface area contributed by atoms with Gasteiger partial charge < -0.3 is 5.32 Å². The number of hydrogen-bond acceptors (Lipinski definition) is 3. The van der Waals surface area contributed by atoms with Crippen molar-refractivity contribution in [2.24, 2.45) is 0 Å². The highest BCUT2D eigenvalue weighted by molar-refractivity contribution is 7.90. The van der Waals surface area contributed by atoms with Gasteiger partial charge in [0.25, 0.3) is 5.91 Å². The van der Waals surface area contributed by atoms with E-state index in [1.54, 1.807) is 18.2 Å². The van der Waals surface area contributed by atoms with Gasteiger partial charge >= 0.3 is 0 Å². The van der Waals surface area contributed by atoms with Crippen molar-refractivity contribution < 1.29 is 13.2 Å². The minimum Gasteiger partial charge on any atom is -0.349 e. The summed E-state index contributed by atoms with van der Waals surface area (Å²) in [6.07, 6.45) is 5.01. The smallest absolute Gasteiger partial charge is 0.252 e. The summed E-state index contributed by atoms with van der Waals surface area (Å²) in [6, 6.07) is 16.9. The third-order valence-corrected chi connectivity index (χ3v) is 6.02. The van der Waals surface area contributed by atoms with Gasteiger partial charge in [0.1, 0.15) is 0 Å². The number of sulfone groups is 1. The maximum absolute atomic E-state index is 12.6. The van der Waals surface area contributed by atoms with E-state index < -0.39 is 9.84 Å². The molecule has 3 rings (SSSR count). The van der Waals surface area contributed by atoms with E-state index in [0.717, 1.165) is 31.9 Å². The first-order chi connectivity index (χ1) is 11.9. The van der Waals surface area contributed by atoms with Gasteiger partial charge in [-0.25, -0.2) is 8.42 Å². The van der Waals surface area contributed by atoms with Crippen molar-refractivity contribution in [3.63, 3.8) is 0 Å². The summed E-state index contributed by atoms with van der Waals surface area (Å²) in [4.78, 5) is 12.6. The van der Waals surface area contributed by atoms with Gasteiger partial charge in [0.05, 0.1) is 10.5 Å². The van der Waals surface area contributed by atoms with Crippen LogP contribution in [0.3, 0.4) is 0 Å². The second-order valence-corrected chi connectivity index (χ2v) is 8.69. The van der Waals surface area contributed by atoms with Crippen LogP contribution in [-0.2, 0) is 9.84 Å². The van der Waals surface area contributed by atoms with E-state index in [-0.39, 0.29) is 22.4 Å². The third kappa shape index (κ3) is 4.28. The first kappa shape index (κ1) is 17.7. The topological polar surface area (TPSA) is 63.2 Å². The molecule has 0 saturated heterocycles. The van der Waals surface area contributed by atoms with E-state index in [1.165, 1.54) is 11.6 Å². The molecule has 25 heavy (non-hydrogen) atoms. The predicted molar refractivity (Wildman–Crippen MR) is 98.5 cm³/mol. The average Bonchev–Trinajstić information content (AvgIpc) is 2.62. The van der Waals surface area contributed by atoms with Gasteiger partial charge in [-0.05, 0) is 49.3 Å². The monoisotopic (exact) mass is 357 g/mol. The van der Waals surface area contributed by atoms with Crippen molar-refractivity contribution in [1.82, 2.24) is 5.32 Å². The standard InChI is InChI=1S/C20H23NO3S/c1-25(23,24)19-10-6-5-9-18(19)20(22)21-17-13-11-16(12-14-17)15-7-3-2-4-8-15/h2-10,16-17H,11-14H2,1H3,(H,21,22). The summed E-state index contributed by atoms with van der Waals surface area (Å²) in [6.45, 7) is 0. The summed E-state index contributed by atoms with van der Waals surface area (Å²) >= 11 is 0. The summed E-state index contributed by atoms with van der Waals surface area (Å²) in [5.41, 5.74) is 1.59. The van der Waals surface area contributed by atoms with Gasteiger partial charge in [-0.2, -0.15) is 0 Å². The van der Waals surface area contributed by atoms with Crippen LogP contribution in [0, 0.1) is 0 Å². The molecule has 0 radical (unpaired) electrons. The number of nitrogens with one attached hydrogen (secondary N) is 1. The van der Waals surface area contributed by atoms with Crippen LogP contribution in [0.15, 0.2) is 59.5 Å². The van der Waals surface area contributed by atoms with E-state index in [1.807, 2.05) is 6.07 Å². The molecule has 1 aliphatic rings. The Morgan fingerprint density at radius 1 is 0.920 bits per heavy atom. The molecular weight excluding hydrogens is 334 g/mol. The quantitative estimate of drug-likeness (QED) is 0.910. The number of benzene rings is 2. The lowest BCUT2D eigenvalue weighted by Gasteiger charge is -2.29. The van der Waals surface area contributed by atoms with Gasteiger partial charge in [0, 0.05) is 12.3 Å². The van der Waals surface area contributed by atoms with Gasteiger partial charge in [0.15, 0.2) is 9.84 Å². The third-order valence-electron chi connectivity index (χ3n) is 4.86. The van der Waals surface area contributed by atoms with Crippen molar-refractivity contribution in [1.29, 1.82) is 0 Å².